The third-order valence-electron chi connectivity index (χ3n) is 3.03. The van der Waals surface area contributed by atoms with Gasteiger partial charge in [-0.2, -0.15) is 8.78 Å². The lowest BCUT2D eigenvalue weighted by atomic mass is 10.2. The van der Waals surface area contributed by atoms with Crippen LogP contribution in [0.1, 0.15) is 27.2 Å². The summed E-state index contributed by atoms with van der Waals surface area (Å²) >= 11 is 0. The fourth-order valence-corrected chi connectivity index (χ4v) is 3.24. The summed E-state index contributed by atoms with van der Waals surface area (Å²) in [7, 11) is -0.153. The number of hydrogen-bond donors (Lipinski definition) is 3. The zero-order valence-electron chi connectivity index (χ0n) is 14.4. The normalized spacial score (nSPS) is 15.1. The van der Waals surface area contributed by atoms with Gasteiger partial charge in [-0.3, -0.25) is 19.8 Å². The average Bonchev–Trinajstić information content (AvgIpc) is 2.56. The molecule has 7 nitrogen and oxygen atoms in total. The Morgan fingerprint density at radius 3 is 1.92 bits per heavy atom. The molecular formula is C14H25F2N2O5P. The molecule has 0 aromatic heterocycles. The Morgan fingerprint density at radius 2 is 1.58 bits per heavy atom. The van der Waals surface area contributed by atoms with E-state index in [-0.39, 0.29) is 6.61 Å². The molecule has 0 bridgehead atoms. The van der Waals surface area contributed by atoms with Crippen LogP contribution in [-0.4, -0.2) is 55.6 Å². The predicted molar refractivity (Wildman–Crippen MR) is 86.6 cm³/mol. The number of allylic oxidation sites excluding steroid dienone is 1. The number of ether oxygens (including phenoxy) is 2. The maximum atomic E-state index is 14.5. The van der Waals surface area contributed by atoms with Crippen molar-refractivity contribution >= 4 is 20.2 Å². The van der Waals surface area contributed by atoms with E-state index in [1.807, 2.05) is 0 Å². The molecule has 0 spiro atoms. The van der Waals surface area contributed by atoms with Crippen molar-refractivity contribution in [3.8, 4) is 0 Å². The fraction of sp³-hybridized carbons (Fsp3) is 0.714. The van der Waals surface area contributed by atoms with Crippen LogP contribution in [0.2, 0.25) is 0 Å². The molecule has 24 heavy (non-hydrogen) atoms. The molecule has 0 amide bonds. The van der Waals surface area contributed by atoms with Gasteiger partial charge >= 0.3 is 11.9 Å². The van der Waals surface area contributed by atoms with Crippen LogP contribution in [0.5, 0.6) is 0 Å². The van der Waals surface area contributed by atoms with Gasteiger partial charge in [0.2, 0.25) is 0 Å². The van der Waals surface area contributed by atoms with Crippen molar-refractivity contribution in [1.82, 2.24) is 10.2 Å². The Labute approximate surface area is 141 Å². The minimum Gasteiger partial charge on any atom is -0.468 e. The van der Waals surface area contributed by atoms with Crippen molar-refractivity contribution in [1.29, 1.82) is 0 Å². The van der Waals surface area contributed by atoms with E-state index in [4.69, 9.17) is 5.11 Å². The van der Waals surface area contributed by atoms with Crippen LogP contribution in [0.15, 0.2) is 11.6 Å². The van der Waals surface area contributed by atoms with E-state index in [0.29, 0.717) is 5.57 Å². The first-order valence-corrected chi connectivity index (χ1v) is 8.55. The lowest BCUT2D eigenvalue weighted by Crippen LogP contribution is -2.43. The standard InChI is InChI=1S/C14H25F2N2O5P/c1-9(8-19)6-7-14(15,16)24(17-10(2)12(20)22-4)18-11(3)13(21)23-5/h6,10-11,17-19H,7-8H2,1-5H3/b9-6+/t10-,11-/m0/s1. The minimum absolute atomic E-state index is 0.327. The molecule has 140 valence electrons. The molecule has 0 aromatic rings. The summed E-state index contributed by atoms with van der Waals surface area (Å²) < 4.78 is 38.1. The molecule has 10 heteroatoms. The SMILES string of the molecule is COC(=O)[C@H](C)NP(N[C@@H](C)C(=O)OC)C(F)(F)C/C=C(\C)CO. The third kappa shape index (κ3) is 7.61. The zero-order chi connectivity index (χ0) is 18.9. The molecule has 0 fully saturated rings. The Balaban J connectivity index is 5.27. The van der Waals surface area contributed by atoms with E-state index in [1.165, 1.54) is 26.8 Å². The van der Waals surface area contributed by atoms with Crippen molar-refractivity contribution < 1.29 is 33.0 Å². The van der Waals surface area contributed by atoms with Crippen LogP contribution in [-0.2, 0) is 19.1 Å². The van der Waals surface area contributed by atoms with E-state index >= 15 is 0 Å². The van der Waals surface area contributed by atoms with Gasteiger partial charge in [0.05, 0.1) is 20.8 Å². The van der Waals surface area contributed by atoms with Crippen LogP contribution in [0.4, 0.5) is 8.78 Å². The maximum absolute atomic E-state index is 14.5. The van der Waals surface area contributed by atoms with Gasteiger partial charge in [0.1, 0.15) is 20.3 Å². The number of esters is 2. The smallest absolute Gasteiger partial charge is 0.322 e. The Hall–Kier alpha value is -1.15. The number of halogens is 2. The van der Waals surface area contributed by atoms with Gasteiger partial charge in [0, 0.05) is 6.42 Å². The highest BCUT2D eigenvalue weighted by Crippen LogP contribution is 2.49. The van der Waals surface area contributed by atoms with E-state index in [9.17, 15) is 18.4 Å². The van der Waals surface area contributed by atoms with Crippen molar-refractivity contribution in [2.24, 2.45) is 0 Å². The molecule has 0 unspecified atom stereocenters. The summed E-state index contributed by atoms with van der Waals surface area (Å²) in [5.74, 6) is -1.40. The second-order valence-corrected chi connectivity index (χ2v) is 7.00. The molecule has 2 atom stereocenters. The number of aliphatic hydroxyl groups excluding tert-OH is 1. The number of methoxy groups -OCH3 is 2. The molecule has 0 aliphatic carbocycles. The number of rotatable bonds is 10. The Bertz CT molecular complexity index is 438. The Morgan fingerprint density at radius 1 is 1.17 bits per heavy atom. The third-order valence-corrected chi connectivity index (χ3v) is 5.16. The topological polar surface area (TPSA) is 96.9 Å². The van der Waals surface area contributed by atoms with Gasteiger partial charge in [0.15, 0.2) is 0 Å². The molecule has 3 N–H and O–H groups in total. The summed E-state index contributed by atoms with van der Waals surface area (Å²) in [6.45, 7) is 3.96. The summed E-state index contributed by atoms with van der Waals surface area (Å²) in [4.78, 5) is 23.0. The molecule has 0 aliphatic rings. The van der Waals surface area contributed by atoms with Crippen molar-refractivity contribution in [3.63, 3.8) is 0 Å². The zero-order valence-corrected chi connectivity index (χ0v) is 15.3. The lowest BCUT2D eigenvalue weighted by Gasteiger charge is -2.31. The van der Waals surface area contributed by atoms with Crippen LogP contribution < -0.4 is 10.2 Å². The van der Waals surface area contributed by atoms with Gasteiger partial charge in [-0.25, -0.2) is 0 Å². The summed E-state index contributed by atoms with van der Waals surface area (Å²) in [5.41, 5.74) is -2.89. The first kappa shape index (κ1) is 22.9. The van der Waals surface area contributed by atoms with E-state index < -0.39 is 44.3 Å². The van der Waals surface area contributed by atoms with Crippen LogP contribution in [0.3, 0.4) is 0 Å². The highest BCUT2D eigenvalue weighted by molar-refractivity contribution is 7.54. The van der Waals surface area contributed by atoms with Crippen LogP contribution in [0, 0.1) is 0 Å². The maximum Gasteiger partial charge on any atom is 0.322 e. The first-order chi connectivity index (χ1) is 11.1. The number of hydrogen-bond acceptors (Lipinski definition) is 7. The van der Waals surface area contributed by atoms with Gasteiger partial charge in [-0.05, 0) is 20.8 Å². The second kappa shape index (κ2) is 10.7. The molecule has 0 aromatic carbocycles. The highest BCUT2D eigenvalue weighted by atomic mass is 31.1. The summed E-state index contributed by atoms with van der Waals surface area (Å²) in [6.07, 6.45) is 0.553. The van der Waals surface area contributed by atoms with Crippen molar-refractivity contribution in [2.45, 2.75) is 44.9 Å². The van der Waals surface area contributed by atoms with E-state index in [2.05, 4.69) is 19.6 Å². The van der Waals surface area contributed by atoms with Gasteiger partial charge in [0.25, 0.3) is 5.66 Å². The highest BCUT2D eigenvalue weighted by Gasteiger charge is 2.42. The Kier molecular flexibility index (Phi) is 10.1. The van der Waals surface area contributed by atoms with Crippen LogP contribution in [0.25, 0.3) is 0 Å². The molecule has 0 radical (unpaired) electrons. The van der Waals surface area contributed by atoms with Crippen molar-refractivity contribution in [3.05, 3.63) is 11.6 Å². The number of alkyl halides is 2. The van der Waals surface area contributed by atoms with Crippen LogP contribution >= 0.6 is 8.22 Å². The summed E-state index contributed by atoms with van der Waals surface area (Å²) in [5, 5.41) is 13.9. The average molecular weight is 370 g/mol. The fourth-order valence-electron chi connectivity index (χ4n) is 1.53. The van der Waals surface area contributed by atoms with Gasteiger partial charge < -0.3 is 14.6 Å². The quantitative estimate of drug-likeness (QED) is 0.305. The molecular weight excluding hydrogens is 345 g/mol. The number of carbonyl (C=O) groups is 2. The molecule has 0 rings (SSSR count). The second-order valence-electron chi connectivity index (χ2n) is 5.16. The molecule has 0 heterocycles. The molecule has 0 aliphatic heterocycles. The van der Waals surface area contributed by atoms with Crippen molar-refractivity contribution in [2.75, 3.05) is 20.8 Å². The first-order valence-electron chi connectivity index (χ1n) is 7.21. The number of carbonyl (C=O) groups excluding carboxylic acids is 2. The number of aliphatic hydroxyl groups is 1. The van der Waals surface area contributed by atoms with E-state index in [0.717, 1.165) is 14.2 Å². The predicted octanol–water partition coefficient (Wildman–Crippen LogP) is 1.52. The molecule has 0 saturated carbocycles. The van der Waals surface area contributed by atoms with Gasteiger partial charge in [-0.1, -0.05) is 11.6 Å². The number of nitrogens with one attached hydrogen (secondary N) is 2. The molecule has 0 saturated heterocycles. The summed E-state index contributed by atoms with van der Waals surface area (Å²) in [6, 6.07) is -1.99. The van der Waals surface area contributed by atoms with E-state index in [1.54, 1.807) is 0 Å². The monoisotopic (exact) mass is 370 g/mol. The minimum atomic E-state index is -3.28. The lowest BCUT2D eigenvalue weighted by molar-refractivity contribution is -0.142. The van der Waals surface area contributed by atoms with Gasteiger partial charge in [-0.15, -0.1) is 0 Å². The largest absolute Gasteiger partial charge is 0.468 e.